The summed E-state index contributed by atoms with van der Waals surface area (Å²) in [4.78, 5) is 31.4. The van der Waals surface area contributed by atoms with Crippen LogP contribution >= 0.6 is 11.6 Å². The summed E-state index contributed by atoms with van der Waals surface area (Å²) in [5, 5.41) is 3.10. The first-order valence-corrected chi connectivity index (χ1v) is 8.53. The average Bonchev–Trinajstić information content (AvgIpc) is 3.10. The van der Waals surface area contributed by atoms with Crippen LogP contribution in [0.3, 0.4) is 0 Å². The van der Waals surface area contributed by atoms with Crippen LogP contribution in [0.25, 0.3) is 0 Å². The van der Waals surface area contributed by atoms with E-state index >= 15 is 0 Å². The fourth-order valence-electron chi connectivity index (χ4n) is 2.87. The lowest BCUT2D eigenvalue weighted by Gasteiger charge is -2.25. The molecule has 8 heteroatoms. The minimum absolute atomic E-state index is 0.0762. The van der Waals surface area contributed by atoms with Crippen molar-refractivity contribution >= 4 is 29.3 Å². The van der Waals surface area contributed by atoms with Crippen molar-refractivity contribution in [3.63, 3.8) is 0 Å². The van der Waals surface area contributed by atoms with Gasteiger partial charge >= 0.3 is 0 Å². The number of nitrogens with one attached hydrogen (secondary N) is 1. The van der Waals surface area contributed by atoms with E-state index in [2.05, 4.69) is 25.3 Å². The molecule has 0 radical (unpaired) electrons. The van der Waals surface area contributed by atoms with Crippen LogP contribution in [0, 0.1) is 0 Å². The number of hydrogen-bond donors (Lipinski definition) is 1. The van der Waals surface area contributed by atoms with Crippen LogP contribution in [0.1, 0.15) is 37.4 Å². The Morgan fingerprint density at radius 1 is 1.21 bits per heavy atom. The number of likely N-dealkylation sites (tertiary alicyclic amines) is 1. The average molecular weight is 347 g/mol. The van der Waals surface area contributed by atoms with Gasteiger partial charge in [-0.05, 0) is 25.3 Å². The second-order valence-corrected chi connectivity index (χ2v) is 5.90. The molecule has 0 aromatic carbocycles. The molecular formula is C16H19ClN6O. The van der Waals surface area contributed by atoms with E-state index in [0.29, 0.717) is 30.5 Å². The molecule has 1 saturated heterocycles. The molecule has 1 aliphatic rings. The number of amides is 1. The van der Waals surface area contributed by atoms with Gasteiger partial charge in [0, 0.05) is 43.6 Å². The summed E-state index contributed by atoms with van der Waals surface area (Å²) < 4.78 is 0. The van der Waals surface area contributed by atoms with Gasteiger partial charge in [0.05, 0.1) is 6.04 Å². The lowest BCUT2D eigenvalue weighted by Crippen LogP contribution is -2.31. The maximum absolute atomic E-state index is 12.4. The Labute approximate surface area is 145 Å². The van der Waals surface area contributed by atoms with Gasteiger partial charge in [0.2, 0.25) is 11.9 Å². The van der Waals surface area contributed by atoms with Gasteiger partial charge in [-0.2, -0.15) is 0 Å². The van der Waals surface area contributed by atoms with Crippen molar-refractivity contribution in [1.29, 1.82) is 0 Å². The van der Waals surface area contributed by atoms with E-state index in [1.165, 1.54) is 0 Å². The third kappa shape index (κ3) is 3.79. The molecule has 7 nitrogen and oxygen atoms in total. The van der Waals surface area contributed by atoms with E-state index < -0.39 is 0 Å². The van der Waals surface area contributed by atoms with E-state index in [1.807, 2.05) is 4.90 Å². The first kappa shape index (κ1) is 16.6. The molecule has 2 aromatic rings. The minimum atomic E-state index is -0.0762. The Morgan fingerprint density at radius 2 is 2.00 bits per heavy atom. The highest BCUT2D eigenvalue weighted by Gasteiger charge is 2.32. The third-order valence-electron chi connectivity index (χ3n) is 3.94. The predicted molar refractivity (Wildman–Crippen MR) is 91.0 cm³/mol. The van der Waals surface area contributed by atoms with E-state index in [-0.39, 0.29) is 11.9 Å². The zero-order chi connectivity index (χ0) is 16.8. The Hall–Kier alpha value is -2.28. The largest absolute Gasteiger partial charge is 0.334 e. The Bertz CT molecular complexity index is 683. The normalized spacial score (nSPS) is 17.0. The third-order valence-corrected chi connectivity index (χ3v) is 4.20. The molecule has 1 aliphatic heterocycles. The number of aromatic nitrogens is 4. The molecule has 1 amide bonds. The molecular weight excluding hydrogens is 328 g/mol. The smallest absolute Gasteiger partial charge is 0.228 e. The van der Waals surface area contributed by atoms with Crippen LogP contribution in [-0.4, -0.2) is 43.2 Å². The van der Waals surface area contributed by atoms with E-state index in [1.54, 1.807) is 30.9 Å². The van der Waals surface area contributed by atoms with E-state index in [0.717, 1.165) is 25.1 Å². The van der Waals surface area contributed by atoms with Gasteiger partial charge in [0.25, 0.3) is 0 Å². The second kappa shape index (κ2) is 8.01. The molecule has 2 aromatic heterocycles. The molecule has 24 heavy (non-hydrogen) atoms. The van der Waals surface area contributed by atoms with Crippen LogP contribution in [-0.2, 0) is 4.79 Å². The molecule has 1 atom stereocenters. The lowest BCUT2D eigenvalue weighted by molar-refractivity contribution is -0.132. The van der Waals surface area contributed by atoms with Crippen LogP contribution in [0.5, 0.6) is 0 Å². The van der Waals surface area contributed by atoms with Crippen molar-refractivity contribution in [2.75, 3.05) is 17.7 Å². The number of carbonyl (C=O) groups is 1. The molecule has 0 bridgehead atoms. The van der Waals surface area contributed by atoms with E-state index in [4.69, 9.17) is 11.6 Å². The van der Waals surface area contributed by atoms with Crippen LogP contribution < -0.4 is 5.32 Å². The highest BCUT2D eigenvalue weighted by Crippen LogP contribution is 2.34. The Kier molecular flexibility index (Phi) is 5.53. The number of carbonyl (C=O) groups excluding carboxylic acids is 1. The van der Waals surface area contributed by atoms with Crippen molar-refractivity contribution in [2.45, 2.75) is 31.7 Å². The monoisotopic (exact) mass is 346 g/mol. The molecule has 1 fully saturated rings. The maximum Gasteiger partial charge on any atom is 0.228 e. The van der Waals surface area contributed by atoms with Gasteiger partial charge in [-0.25, -0.2) is 15.0 Å². The highest BCUT2D eigenvalue weighted by atomic mass is 35.5. The summed E-state index contributed by atoms with van der Waals surface area (Å²) >= 11 is 5.70. The van der Waals surface area contributed by atoms with Gasteiger partial charge in [0.1, 0.15) is 5.69 Å². The van der Waals surface area contributed by atoms with Gasteiger partial charge in [0.15, 0.2) is 5.82 Å². The molecule has 1 unspecified atom stereocenters. The van der Waals surface area contributed by atoms with Crippen molar-refractivity contribution in [2.24, 2.45) is 0 Å². The number of anilines is 2. The molecule has 3 rings (SSSR count). The number of nitrogens with zero attached hydrogens (tertiary/aromatic N) is 5. The van der Waals surface area contributed by atoms with Crippen molar-refractivity contribution in [1.82, 2.24) is 24.8 Å². The topological polar surface area (TPSA) is 83.9 Å². The fourth-order valence-corrected chi connectivity index (χ4v) is 3.00. The first-order chi connectivity index (χ1) is 11.8. The summed E-state index contributed by atoms with van der Waals surface area (Å²) in [6, 6.07) is 1.67. The molecule has 126 valence electrons. The Balaban J connectivity index is 1.82. The summed E-state index contributed by atoms with van der Waals surface area (Å²) in [6.45, 7) is 0.740. The minimum Gasteiger partial charge on any atom is -0.334 e. The van der Waals surface area contributed by atoms with Crippen LogP contribution in [0.2, 0.25) is 0 Å². The highest BCUT2D eigenvalue weighted by molar-refractivity contribution is 6.17. The quantitative estimate of drug-likeness (QED) is 0.809. The molecule has 0 aliphatic carbocycles. The number of rotatable bonds is 6. The summed E-state index contributed by atoms with van der Waals surface area (Å²) in [5.74, 6) is 1.65. The predicted octanol–water partition coefficient (Wildman–Crippen LogP) is 2.69. The lowest BCUT2D eigenvalue weighted by atomic mass is 10.1. The summed E-state index contributed by atoms with van der Waals surface area (Å²) in [5.41, 5.74) is 0.752. The molecule has 3 heterocycles. The number of halogens is 1. The van der Waals surface area contributed by atoms with Gasteiger partial charge in [-0.3, -0.25) is 9.78 Å². The van der Waals surface area contributed by atoms with Gasteiger partial charge < -0.3 is 10.2 Å². The fraction of sp³-hybridized carbons (Fsp3) is 0.438. The SMILES string of the molecule is O=C(CCCCl)N1CCCC1c1nccnc1Nc1ncccn1. The zero-order valence-corrected chi connectivity index (χ0v) is 14.0. The maximum atomic E-state index is 12.4. The van der Waals surface area contributed by atoms with Gasteiger partial charge in [-0.1, -0.05) is 0 Å². The van der Waals surface area contributed by atoms with Crippen molar-refractivity contribution < 1.29 is 4.79 Å². The Morgan fingerprint density at radius 3 is 2.79 bits per heavy atom. The summed E-state index contributed by atoms with van der Waals surface area (Å²) in [7, 11) is 0. The molecule has 0 saturated carbocycles. The first-order valence-electron chi connectivity index (χ1n) is 8.00. The number of hydrogen-bond acceptors (Lipinski definition) is 6. The van der Waals surface area contributed by atoms with Crippen molar-refractivity contribution in [3.8, 4) is 0 Å². The number of alkyl halides is 1. The van der Waals surface area contributed by atoms with Crippen molar-refractivity contribution in [3.05, 3.63) is 36.5 Å². The van der Waals surface area contributed by atoms with Gasteiger partial charge in [-0.15, -0.1) is 11.6 Å². The molecule has 0 spiro atoms. The summed E-state index contributed by atoms with van der Waals surface area (Å²) in [6.07, 6.45) is 9.55. The standard InChI is InChI=1S/C16H19ClN6O/c17-6-1-5-13(24)23-11-2-4-12(23)14-15(19-10-9-18-14)22-16-20-7-3-8-21-16/h3,7-10,12H,1-2,4-6,11H2,(H,19,20,21,22). The molecule has 1 N–H and O–H groups in total. The zero-order valence-electron chi connectivity index (χ0n) is 13.2. The van der Waals surface area contributed by atoms with Crippen LogP contribution in [0.15, 0.2) is 30.9 Å². The van der Waals surface area contributed by atoms with Crippen LogP contribution in [0.4, 0.5) is 11.8 Å². The van der Waals surface area contributed by atoms with E-state index in [9.17, 15) is 4.79 Å². The second-order valence-electron chi connectivity index (χ2n) is 5.53.